The molecule has 2 aromatic rings. The number of anilines is 1. The summed E-state index contributed by atoms with van der Waals surface area (Å²) in [5.41, 5.74) is 4.09. The summed E-state index contributed by atoms with van der Waals surface area (Å²) in [5.74, 6) is -0.923. The molecule has 1 atom stereocenters. The monoisotopic (exact) mass is 400 g/mol. The molecule has 0 aromatic heterocycles. The van der Waals surface area contributed by atoms with Gasteiger partial charge in [0.15, 0.2) is 0 Å². The third-order valence-corrected chi connectivity index (χ3v) is 5.03. The van der Waals surface area contributed by atoms with Crippen LogP contribution in [0.5, 0.6) is 0 Å². The molecule has 0 unspecified atom stereocenters. The second-order valence-electron chi connectivity index (χ2n) is 6.47. The topological polar surface area (TPSA) is 49.4 Å². The molecule has 25 heavy (non-hydrogen) atoms. The fourth-order valence-electron chi connectivity index (χ4n) is 3.17. The number of carbonyl (C=O) groups is 2. The Labute approximate surface area is 156 Å². The molecule has 1 saturated heterocycles. The first-order chi connectivity index (χ1) is 12.0. The number of benzene rings is 2. The van der Waals surface area contributed by atoms with Gasteiger partial charge < -0.3 is 10.2 Å². The molecule has 2 amide bonds. The van der Waals surface area contributed by atoms with Gasteiger partial charge in [-0.05, 0) is 43.5 Å². The van der Waals surface area contributed by atoms with Crippen LogP contribution >= 0.6 is 15.9 Å². The summed E-state index contributed by atoms with van der Waals surface area (Å²) in [6.45, 7) is 5.00. The summed E-state index contributed by atoms with van der Waals surface area (Å²) in [5, 5.41) is 2.90. The molecule has 4 nitrogen and oxygen atoms in total. The van der Waals surface area contributed by atoms with Crippen molar-refractivity contribution < 1.29 is 9.59 Å². The lowest BCUT2D eigenvalue weighted by atomic mass is 10.1. The van der Waals surface area contributed by atoms with E-state index in [-0.39, 0.29) is 11.8 Å². The number of nitrogens with zero attached hydrogens (tertiary/aromatic N) is 1. The Hall–Kier alpha value is -2.14. The summed E-state index contributed by atoms with van der Waals surface area (Å²) < 4.78 is 0.924. The average Bonchev–Trinajstić information content (AvgIpc) is 2.96. The molecule has 1 heterocycles. The minimum Gasteiger partial charge on any atom is -0.351 e. The van der Waals surface area contributed by atoms with Crippen molar-refractivity contribution in [1.82, 2.24) is 5.32 Å². The molecule has 0 spiro atoms. The molecule has 1 aliphatic rings. The maximum atomic E-state index is 12.7. The van der Waals surface area contributed by atoms with Gasteiger partial charge in [-0.1, -0.05) is 51.8 Å². The number of carbonyl (C=O) groups excluding carboxylic acids is 2. The van der Waals surface area contributed by atoms with Crippen LogP contribution < -0.4 is 10.2 Å². The van der Waals surface area contributed by atoms with Crippen LogP contribution in [0.1, 0.15) is 23.1 Å². The van der Waals surface area contributed by atoms with Crippen molar-refractivity contribution in [3.05, 3.63) is 63.6 Å². The largest absolute Gasteiger partial charge is 0.351 e. The average molecular weight is 401 g/mol. The van der Waals surface area contributed by atoms with Crippen LogP contribution in [-0.2, 0) is 16.1 Å². The van der Waals surface area contributed by atoms with Crippen molar-refractivity contribution in [2.75, 3.05) is 11.4 Å². The third-order valence-electron chi connectivity index (χ3n) is 4.53. The number of nitrogens with one attached hydrogen (secondary N) is 1. The highest BCUT2D eigenvalue weighted by Gasteiger charge is 2.37. The van der Waals surface area contributed by atoms with E-state index in [1.807, 2.05) is 56.3 Å². The summed E-state index contributed by atoms with van der Waals surface area (Å²) in [4.78, 5) is 26.9. The highest BCUT2D eigenvalue weighted by Crippen LogP contribution is 2.30. The lowest BCUT2D eigenvalue weighted by Gasteiger charge is -2.19. The highest BCUT2D eigenvalue weighted by molar-refractivity contribution is 9.10. The van der Waals surface area contributed by atoms with Crippen LogP contribution in [0.15, 0.2) is 46.9 Å². The minimum absolute atomic E-state index is 0.122. The first-order valence-corrected chi connectivity index (χ1v) is 9.16. The molecule has 1 fully saturated rings. The van der Waals surface area contributed by atoms with Gasteiger partial charge in [0.25, 0.3) is 0 Å². The zero-order chi connectivity index (χ0) is 18.0. The van der Waals surface area contributed by atoms with Crippen LogP contribution in [0.2, 0.25) is 0 Å². The number of aryl methyl sites for hydroxylation is 2. The maximum Gasteiger partial charge on any atom is 0.239 e. The summed E-state index contributed by atoms with van der Waals surface area (Å²) >= 11 is 3.45. The van der Waals surface area contributed by atoms with Crippen molar-refractivity contribution >= 4 is 33.4 Å². The number of rotatable bonds is 4. The van der Waals surface area contributed by atoms with E-state index in [9.17, 15) is 9.59 Å². The van der Waals surface area contributed by atoms with E-state index in [4.69, 9.17) is 0 Å². The smallest absolute Gasteiger partial charge is 0.239 e. The molecule has 5 heteroatoms. The van der Waals surface area contributed by atoms with E-state index in [2.05, 4.69) is 21.2 Å². The van der Waals surface area contributed by atoms with Crippen LogP contribution in [0.25, 0.3) is 0 Å². The van der Waals surface area contributed by atoms with Crippen LogP contribution in [0.3, 0.4) is 0 Å². The number of hydrogen-bond donors (Lipinski definition) is 1. The van der Waals surface area contributed by atoms with Gasteiger partial charge in [0.1, 0.15) is 5.92 Å². The van der Waals surface area contributed by atoms with Gasteiger partial charge in [-0.25, -0.2) is 0 Å². The first kappa shape index (κ1) is 17.7. The second kappa shape index (κ2) is 7.40. The Kier molecular flexibility index (Phi) is 5.23. The van der Waals surface area contributed by atoms with E-state index in [0.717, 1.165) is 26.9 Å². The van der Waals surface area contributed by atoms with Crippen LogP contribution in [0.4, 0.5) is 5.69 Å². The van der Waals surface area contributed by atoms with Crippen LogP contribution in [0, 0.1) is 19.8 Å². The summed E-state index contributed by atoms with van der Waals surface area (Å²) in [7, 11) is 0. The highest BCUT2D eigenvalue weighted by atomic mass is 79.9. The van der Waals surface area contributed by atoms with Gasteiger partial charge in [-0.3, -0.25) is 9.59 Å². The predicted molar refractivity (Wildman–Crippen MR) is 102 cm³/mol. The molecule has 1 aliphatic heterocycles. The normalized spacial score (nSPS) is 17.0. The summed E-state index contributed by atoms with van der Waals surface area (Å²) in [6.07, 6.45) is 0.546. The summed E-state index contributed by atoms with van der Waals surface area (Å²) in [6, 6.07) is 13.8. The fourth-order valence-corrected chi connectivity index (χ4v) is 3.52. The first-order valence-electron chi connectivity index (χ1n) is 8.36. The SMILES string of the molecule is Cc1cccc(CNC(=O)[C@H]2CCN(c3cc(Br)ccc3C)C2=O)c1. The Bertz CT molecular complexity index is 819. The fraction of sp³-hybridized carbons (Fsp3) is 0.300. The van der Waals surface area contributed by atoms with Crippen LogP contribution in [-0.4, -0.2) is 18.4 Å². The molecule has 0 aliphatic carbocycles. The lowest BCUT2D eigenvalue weighted by molar-refractivity contribution is -0.132. The molecular weight excluding hydrogens is 380 g/mol. The second-order valence-corrected chi connectivity index (χ2v) is 7.38. The van der Waals surface area contributed by atoms with Gasteiger partial charge in [-0.15, -0.1) is 0 Å². The lowest BCUT2D eigenvalue weighted by Crippen LogP contribution is -2.36. The van der Waals surface area contributed by atoms with Gasteiger partial charge in [-0.2, -0.15) is 0 Å². The van der Waals surface area contributed by atoms with Crippen molar-refractivity contribution in [2.24, 2.45) is 5.92 Å². The Morgan fingerprint density at radius 1 is 1.24 bits per heavy atom. The van der Waals surface area contributed by atoms with E-state index >= 15 is 0 Å². The zero-order valence-electron chi connectivity index (χ0n) is 14.4. The van der Waals surface area contributed by atoms with E-state index in [1.165, 1.54) is 0 Å². The standard InChI is InChI=1S/C20H21BrN2O2/c1-13-4-3-5-15(10-13)12-22-19(24)17-8-9-23(20(17)25)18-11-16(21)7-6-14(18)2/h3-7,10-11,17H,8-9,12H2,1-2H3,(H,22,24)/t17-/m1/s1. The molecule has 2 aromatic carbocycles. The van der Waals surface area contributed by atoms with Crippen molar-refractivity contribution in [3.8, 4) is 0 Å². The quantitative estimate of drug-likeness (QED) is 0.794. The molecule has 0 radical (unpaired) electrons. The third kappa shape index (κ3) is 3.93. The molecule has 130 valence electrons. The molecule has 1 N–H and O–H groups in total. The Balaban J connectivity index is 1.67. The number of amides is 2. The van der Waals surface area contributed by atoms with E-state index < -0.39 is 5.92 Å². The number of halogens is 1. The molecule has 3 rings (SSSR count). The Morgan fingerprint density at radius 3 is 2.80 bits per heavy atom. The molecule has 0 bridgehead atoms. The van der Waals surface area contributed by atoms with E-state index in [1.54, 1.807) is 4.90 Å². The zero-order valence-corrected chi connectivity index (χ0v) is 16.0. The predicted octanol–water partition coefficient (Wildman–Crippen LogP) is 3.74. The van der Waals surface area contributed by atoms with Gasteiger partial charge in [0, 0.05) is 23.2 Å². The molecule has 0 saturated carbocycles. The van der Waals surface area contributed by atoms with Crippen molar-refractivity contribution in [2.45, 2.75) is 26.8 Å². The van der Waals surface area contributed by atoms with Gasteiger partial charge in [0.2, 0.25) is 11.8 Å². The maximum absolute atomic E-state index is 12.7. The Morgan fingerprint density at radius 2 is 2.04 bits per heavy atom. The van der Waals surface area contributed by atoms with Gasteiger partial charge in [0.05, 0.1) is 0 Å². The molecular formula is C20H21BrN2O2. The van der Waals surface area contributed by atoms with Crippen molar-refractivity contribution in [1.29, 1.82) is 0 Å². The van der Waals surface area contributed by atoms with Crippen molar-refractivity contribution in [3.63, 3.8) is 0 Å². The minimum atomic E-state index is -0.608. The number of hydrogen-bond acceptors (Lipinski definition) is 2. The van der Waals surface area contributed by atoms with E-state index in [0.29, 0.717) is 19.5 Å². The van der Waals surface area contributed by atoms with Gasteiger partial charge >= 0.3 is 0 Å².